The zero-order chi connectivity index (χ0) is 25.1. The third-order valence-electron chi connectivity index (χ3n) is 5.61. The molecule has 1 unspecified atom stereocenters. The molecule has 9 heteroatoms. The van der Waals surface area contributed by atoms with Crippen LogP contribution in [0.2, 0.25) is 0 Å². The number of aromatic nitrogens is 1. The first-order valence-corrected chi connectivity index (χ1v) is 12.3. The van der Waals surface area contributed by atoms with Gasteiger partial charge in [-0.05, 0) is 43.0 Å². The number of unbranched alkanes of at least 4 members (excludes halogenated alkanes) is 1. The number of ether oxygens (including phenoxy) is 1. The first kappa shape index (κ1) is 25.6. The summed E-state index contributed by atoms with van der Waals surface area (Å²) >= 11 is 0. The predicted octanol–water partition coefficient (Wildman–Crippen LogP) is 6.03. The number of H-pyrrole nitrogens is 1. The molecule has 1 heterocycles. The van der Waals surface area contributed by atoms with Gasteiger partial charge in [-0.1, -0.05) is 61.4 Å². The van der Waals surface area contributed by atoms with Crippen molar-refractivity contribution in [2.24, 2.45) is 0 Å². The van der Waals surface area contributed by atoms with E-state index < -0.39 is 38.5 Å². The van der Waals surface area contributed by atoms with Crippen molar-refractivity contribution in [3.63, 3.8) is 0 Å². The van der Waals surface area contributed by atoms with Crippen molar-refractivity contribution in [1.29, 1.82) is 0 Å². The van der Waals surface area contributed by atoms with Crippen molar-refractivity contribution in [2.45, 2.75) is 49.4 Å². The Morgan fingerprint density at radius 2 is 1.68 bits per heavy atom. The van der Waals surface area contributed by atoms with Gasteiger partial charge in [0.05, 0.1) is 17.6 Å². The van der Waals surface area contributed by atoms with Crippen LogP contribution in [0.5, 0.6) is 0 Å². The first-order chi connectivity index (χ1) is 16.0. The number of hydrogen-bond donors (Lipinski definition) is 1. The molecule has 0 aliphatic heterocycles. The predicted molar refractivity (Wildman–Crippen MR) is 122 cm³/mol. The molecule has 0 fully saturated rings. The fourth-order valence-electron chi connectivity index (χ4n) is 3.93. The number of carbonyl (C=O) groups excluding carboxylic acids is 1. The highest BCUT2D eigenvalue weighted by molar-refractivity contribution is 7.91. The van der Waals surface area contributed by atoms with Gasteiger partial charge in [0.2, 0.25) is 0 Å². The van der Waals surface area contributed by atoms with Crippen molar-refractivity contribution in [2.75, 3.05) is 7.11 Å². The summed E-state index contributed by atoms with van der Waals surface area (Å²) in [4.78, 5) is 14.8. The Hall–Kier alpha value is -3.07. The average molecular weight is 494 g/mol. The Balaban J connectivity index is 2.39. The molecule has 0 aliphatic rings. The van der Waals surface area contributed by atoms with Crippen LogP contribution in [0.15, 0.2) is 59.5 Å². The number of halogens is 3. The quantitative estimate of drug-likeness (QED) is 0.389. The summed E-state index contributed by atoms with van der Waals surface area (Å²) in [5.41, 5.74) is -1.02. The Bertz CT molecular complexity index is 1250. The summed E-state index contributed by atoms with van der Waals surface area (Å²) in [7, 11) is -3.21. The third kappa shape index (κ3) is 5.04. The number of aromatic amines is 1. The molecule has 2 aromatic carbocycles. The second kappa shape index (κ2) is 10.0. The van der Waals surface area contributed by atoms with E-state index >= 15 is 0 Å². The zero-order valence-electron chi connectivity index (χ0n) is 19.1. The molecule has 5 nitrogen and oxygen atoms in total. The highest BCUT2D eigenvalue weighted by Gasteiger charge is 2.44. The fourth-order valence-corrected chi connectivity index (χ4v) is 5.74. The van der Waals surface area contributed by atoms with Crippen LogP contribution >= 0.6 is 0 Å². The Morgan fingerprint density at radius 1 is 1.06 bits per heavy atom. The maximum Gasteiger partial charge on any atom is 0.432 e. The van der Waals surface area contributed by atoms with Gasteiger partial charge in [0.25, 0.3) is 0 Å². The maximum atomic E-state index is 14.0. The summed E-state index contributed by atoms with van der Waals surface area (Å²) in [5, 5.41) is -1.48. The zero-order valence-corrected chi connectivity index (χ0v) is 19.9. The van der Waals surface area contributed by atoms with Crippen LogP contribution in [-0.2, 0) is 27.2 Å². The number of rotatable bonds is 8. The van der Waals surface area contributed by atoms with Crippen molar-refractivity contribution >= 4 is 15.8 Å². The maximum absolute atomic E-state index is 14.0. The molecule has 0 radical (unpaired) electrons. The summed E-state index contributed by atoms with van der Waals surface area (Å²) < 4.78 is 74.4. The minimum absolute atomic E-state index is 0.00515. The number of benzene rings is 2. The number of esters is 1. The van der Waals surface area contributed by atoms with Gasteiger partial charge < -0.3 is 9.72 Å². The van der Waals surface area contributed by atoms with Gasteiger partial charge in [0.15, 0.2) is 9.84 Å². The Morgan fingerprint density at radius 3 is 2.21 bits per heavy atom. The molecule has 34 heavy (non-hydrogen) atoms. The molecular formula is C25H26F3NO4S. The molecule has 0 aliphatic carbocycles. The monoisotopic (exact) mass is 493 g/mol. The second-order valence-corrected chi connectivity index (χ2v) is 10.0. The second-order valence-electron chi connectivity index (χ2n) is 8.01. The van der Waals surface area contributed by atoms with Crippen molar-refractivity contribution in [3.05, 3.63) is 88.2 Å². The molecule has 0 bridgehead atoms. The van der Waals surface area contributed by atoms with Crippen LogP contribution in [-0.4, -0.2) is 26.5 Å². The van der Waals surface area contributed by atoms with E-state index in [-0.39, 0.29) is 28.1 Å². The lowest BCUT2D eigenvalue weighted by Gasteiger charge is -2.20. The number of nitrogens with one attached hydrogen (secondary N) is 1. The molecule has 0 saturated carbocycles. The highest BCUT2D eigenvalue weighted by atomic mass is 32.2. The summed E-state index contributed by atoms with van der Waals surface area (Å²) in [6.45, 7) is 3.66. The van der Waals surface area contributed by atoms with Crippen LogP contribution in [0.1, 0.15) is 63.5 Å². The smallest absolute Gasteiger partial charge is 0.432 e. The molecule has 0 saturated heterocycles. The van der Waals surface area contributed by atoms with Crippen molar-refractivity contribution < 1.29 is 31.1 Å². The summed E-state index contributed by atoms with van der Waals surface area (Å²) in [6, 6.07) is 14.1. The van der Waals surface area contributed by atoms with E-state index in [1.54, 1.807) is 49.4 Å². The van der Waals surface area contributed by atoms with E-state index in [1.165, 1.54) is 12.1 Å². The number of sulfone groups is 1. The summed E-state index contributed by atoms with van der Waals surface area (Å²) in [5.74, 6) is -1.17. The van der Waals surface area contributed by atoms with Crippen molar-refractivity contribution in [3.8, 4) is 0 Å². The van der Waals surface area contributed by atoms with Crippen LogP contribution < -0.4 is 0 Å². The van der Waals surface area contributed by atoms with E-state index in [0.29, 0.717) is 12.8 Å². The molecule has 3 rings (SSSR count). The minimum atomic E-state index is -4.92. The average Bonchev–Trinajstić information content (AvgIpc) is 3.17. The largest absolute Gasteiger partial charge is 0.465 e. The Kier molecular flexibility index (Phi) is 7.55. The fraction of sp³-hybridized carbons (Fsp3) is 0.320. The van der Waals surface area contributed by atoms with E-state index in [1.807, 2.05) is 6.92 Å². The molecule has 0 spiro atoms. The Labute approximate surface area is 196 Å². The van der Waals surface area contributed by atoms with Crippen LogP contribution in [0.25, 0.3) is 0 Å². The van der Waals surface area contributed by atoms with Gasteiger partial charge in [-0.25, -0.2) is 13.2 Å². The summed E-state index contributed by atoms with van der Waals surface area (Å²) in [6.07, 6.45) is -3.75. The number of hydrogen-bond acceptors (Lipinski definition) is 4. The highest BCUT2D eigenvalue weighted by Crippen LogP contribution is 2.42. The van der Waals surface area contributed by atoms with E-state index in [0.717, 1.165) is 12.7 Å². The molecule has 1 atom stereocenters. The van der Waals surface area contributed by atoms with Gasteiger partial charge in [-0.15, -0.1) is 0 Å². The molecule has 182 valence electrons. The number of aryl methyl sites for hydroxylation is 1. The molecular weight excluding hydrogens is 467 g/mol. The van der Waals surface area contributed by atoms with E-state index in [4.69, 9.17) is 0 Å². The molecule has 0 amide bonds. The first-order valence-electron chi connectivity index (χ1n) is 10.8. The van der Waals surface area contributed by atoms with Gasteiger partial charge in [-0.3, -0.25) is 0 Å². The van der Waals surface area contributed by atoms with Gasteiger partial charge in [0.1, 0.15) is 10.9 Å². The molecule has 3 aromatic rings. The van der Waals surface area contributed by atoms with E-state index in [2.05, 4.69) is 9.72 Å². The van der Waals surface area contributed by atoms with Crippen LogP contribution in [0.3, 0.4) is 0 Å². The SMILES string of the molecule is CCCCc1c(C(c2ccccc2)S(=O)(=O)c2ccc(C)cc2)[nH]c(C(F)(F)F)c1C(=O)OC. The van der Waals surface area contributed by atoms with Gasteiger partial charge >= 0.3 is 12.1 Å². The third-order valence-corrected chi connectivity index (χ3v) is 7.67. The normalized spacial score (nSPS) is 13.0. The molecule has 1 aromatic heterocycles. The lowest BCUT2D eigenvalue weighted by molar-refractivity contribution is -0.141. The number of alkyl halides is 3. The molecule has 1 N–H and O–H groups in total. The standard InChI is InChI=1S/C25H26F3NO4S/c1-4-5-11-19-20(24(30)33-3)23(25(26,27)28)29-21(19)22(17-9-7-6-8-10-17)34(31,32)18-14-12-16(2)13-15-18/h6-10,12-15,22,29H,4-5,11H2,1-3H3. The van der Waals surface area contributed by atoms with E-state index in [9.17, 15) is 26.4 Å². The lowest BCUT2D eigenvalue weighted by atomic mass is 9.98. The minimum Gasteiger partial charge on any atom is -0.465 e. The lowest BCUT2D eigenvalue weighted by Crippen LogP contribution is -2.18. The topological polar surface area (TPSA) is 76.2 Å². The van der Waals surface area contributed by atoms with Crippen LogP contribution in [0, 0.1) is 6.92 Å². The van der Waals surface area contributed by atoms with Gasteiger partial charge in [-0.2, -0.15) is 13.2 Å². The van der Waals surface area contributed by atoms with Crippen LogP contribution in [0.4, 0.5) is 13.2 Å². The van der Waals surface area contributed by atoms with Crippen molar-refractivity contribution in [1.82, 2.24) is 4.98 Å². The number of carbonyl (C=O) groups is 1. The number of methoxy groups -OCH3 is 1. The van der Waals surface area contributed by atoms with Gasteiger partial charge in [0, 0.05) is 5.69 Å².